The van der Waals surface area contributed by atoms with E-state index in [1.807, 2.05) is 27.7 Å². The van der Waals surface area contributed by atoms with Gasteiger partial charge >= 0.3 is 0 Å². The molecule has 0 spiro atoms. The quantitative estimate of drug-likeness (QED) is 0.261. The minimum absolute atomic E-state index is 0.00464. The van der Waals surface area contributed by atoms with Crippen LogP contribution < -0.4 is 14.4 Å². The van der Waals surface area contributed by atoms with E-state index in [1.165, 1.54) is 41.3 Å². The fourth-order valence-electron chi connectivity index (χ4n) is 4.30. The minimum Gasteiger partial charge on any atom is -0.494 e. The molecule has 0 heterocycles. The van der Waals surface area contributed by atoms with Crippen LogP contribution in [0.15, 0.2) is 82.2 Å². The van der Waals surface area contributed by atoms with Crippen molar-refractivity contribution in [2.24, 2.45) is 0 Å². The summed E-state index contributed by atoms with van der Waals surface area (Å²) in [6.45, 7) is 8.96. The van der Waals surface area contributed by atoms with Crippen LogP contribution in [0.1, 0.15) is 46.6 Å². The number of rotatable bonds is 12. The third-order valence-electron chi connectivity index (χ3n) is 6.27. The summed E-state index contributed by atoms with van der Waals surface area (Å²) in [5.41, 5.74) is 0.285. The summed E-state index contributed by atoms with van der Waals surface area (Å²) >= 11 is 3.33. The zero-order valence-corrected chi connectivity index (χ0v) is 26.8. The number of anilines is 1. The second kappa shape index (κ2) is 14.2. The van der Waals surface area contributed by atoms with E-state index in [0.717, 1.165) is 4.31 Å². The average molecular weight is 663 g/mol. The molecule has 0 aliphatic rings. The van der Waals surface area contributed by atoms with E-state index in [4.69, 9.17) is 4.74 Å². The number of benzene rings is 3. The standard InChI is InChI=1S/C31H37BrFN3O5S/c1-6-28(30(38)34-31(3,4)5)35(20-22-8-12-24(33)13-9-22)29(37)21-36(25-14-16-26(17-15-25)41-7-2)42(39,40)27-18-10-23(32)11-19-27/h8-19,28H,6-7,20-21H2,1-5H3,(H,34,38)/t28-/m0/s1. The molecule has 11 heteroatoms. The molecule has 0 bridgehead atoms. The van der Waals surface area contributed by atoms with Gasteiger partial charge in [0.25, 0.3) is 10.0 Å². The smallest absolute Gasteiger partial charge is 0.264 e. The third-order valence-corrected chi connectivity index (χ3v) is 8.58. The first kappa shape index (κ1) is 33.1. The molecule has 0 radical (unpaired) electrons. The number of carbonyl (C=O) groups excluding carboxylic acids is 2. The van der Waals surface area contributed by atoms with Crippen molar-refractivity contribution in [3.8, 4) is 5.75 Å². The molecule has 1 N–H and O–H groups in total. The Morgan fingerprint density at radius 1 is 0.952 bits per heavy atom. The summed E-state index contributed by atoms with van der Waals surface area (Å²) in [6.07, 6.45) is 0.275. The topological polar surface area (TPSA) is 96.0 Å². The van der Waals surface area contributed by atoms with E-state index < -0.39 is 39.9 Å². The number of hydrogen-bond acceptors (Lipinski definition) is 5. The molecule has 0 aliphatic heterocycles. The highest BCUT2D eigenvalue weighted by atomic mass is 79.9. The van der Waals surface area contributed by atoms with Crippen LogP contribution in [0, 0.1) is 5.82 Å². The average Bonchev–Trinajstić information content (AvgIpc) is 2.92. The van der Waals surface area contributed by atoms with Gasteiger partial charge in [0, 0.05) is 16.6 Å². The molecule has 0 saturated carbocycles. The Balaban J connectivity index is 2.07. The molecule has 0 unspecified atom stereocenters. The van der Waals surface area contributed by atoms with E-state index in [0.29, 0.717) is 22.4 Å². The van der Waals surface area contributed by atoms with E-state index in [2.05, 4.69) is 21.2 Å². The molecule has 226 valence electrons. The second-order valence-corrected chi connectivity index (χ2v) is 13.5. The lowest BCUT2D eigenvalue weighted by atomic mass is 10.1. The van der Waals surface area contributed by atoms with Gasteiger partial charge in [-0.3, -0.25) is 13.9 Å². The Hall–Kier alpha value is -3.44. The maximum Gasteiger partial charge on any atom is 0.264 e. The first-order valence-electron chi connectivity index (χ1n) is 13.6. The summed E-state index contributed by atoms with van der Waals surface area (Å²) in [7, 11) is -4.21. The van der Waals surface area contributed by atoms with E-state index in [9.17, 15) is 22.4 Å². The number of nitrogens with one attached hydrogen (secondary N) is 1. The van der Waals surface area contributed by atoms with Gasteiger partial charge in [0.2, 0.25) is 11.8 Å². The summed E-state index contributed by atoms with van der Waals surface area (Å²) in [5.74, 6) is -0.846. The highest BCUT2D eigenvalue weighted by molar-refractivity contribution is 9.10. The van der Waals surface area contributed by atoms with Gasteiger partial charge in [0.05, 0.1) is 17.2 Å². The normalized spacial score (nSPS) is 12.4. The van der Waals surface area contributed by atoms with Crippen LogP contribution in [0.25, 0.3) is 0 Å². The van der Waals surface area contributed by atoms with Crippen LogP contribution in [0.5, 0.6) is 5.75 Å². The van der Waals surface area contributed by atoms with Crippen molar-refractivity contribution in [3.63, 3.8) is 0 Å². The van der Waals surface area contributed by atoms with Crippen molar-refractivity contribution >= 4 is 43.5 Å². The first-order chi connectivity index (χ1) is 19.7. The predicted molar refractivity (Wildman–Crippen MR) is 165 cm³/mol. The summed E-state index contributed by atoms with van der Waals surface area (Å²) in [5, 5.41) is 2.92. The van der Waals surface area contributed by atoms with E-state index in [-0.39, 0.29) is 29.5 Å². The van der Waals surface area contributed by atoms with Crippen molar-refractivity contribution in [1.29, 1.82) is 0 Å². The SMILES string of the molecule is CCOc1ccc(N(CC(=O)N(Cc2ccc(F)cc2)[C@@H](CC)C(=O)NC(C)(C)C)S(=O)(=O)c2ccc(Br)cc2)cc1. The first-order valence-corrected chi connectivity index (χ1v) is 15.9. The van der Waals surface area contributed by atoms with Crippen LogP contribution in [0.2, 0.25) is 0 Å². The van der Waals surface area contributed by atoms with Gasteiger partial charge in [-0.25, -0.2) is 12.8 Å². The van der Waals surface area contributed by atoms with Crippen molar-refractivity contribution < 1.29 is 27.1 Å². The largest absolute Gasteiger partial charge is 0.494 e. The molecule has 3 aromatic carbocycles. The van der Waals surface area contributed by atoms with Gasteiger partial charge < -0.3 is 15.0 Å². The second-order valence-electron chi connectivity index (χ2n) is 10.7. The molecular weight excluding hydrogens is 625 g/mol. The van der Waals surface area contributed by atoms with Gasteiger partial charge in [-0.05, 0) is 100 Å². The van der Waals surface area contributed by atoms with E-state index in [1.54, 1.807) is 43.3 Å². The highest BCUT2D eigenvalue weighted by Gasteiger charge is 2.34. The lowest BCUT2D eigenvalue weighted by molar-refractivity contribution is -0.141. The Bertz CT molecular complexity index is 1460. The van der Waals surface area contributed by atoms with Gasteiger partial charge in [-0.15, -0.1) is 0 Å². The Morgan fingerprint density at radius 3 is 2.07 bits per heavy atom. The van der Waals surface area contributed by atoms with Crippen LogP contribution >= 0.6 is 15.9 Å². The zero-order valence-electron chi connectivity index (χ0n) is 24.4. The maximum atomic E-state index is 14.1. The molecule has 8 nitrogen and oxygen atoms in total. The van der Waals surface area contributed by atoms with Gasteiger partial charge in [-0.2, -0.15) is 0 Å². The number of sulfonamides is 1. The minimum atomic E-state index is -4.21. The van der Waals surface area contributed by atoms with E-state index >= 15 is 0 Å². The number of carbonyl (C=O) groups is 2. The molecule has 2 amide bonds. The summed E-state index contributed by atoms with van der Waals surface area (Å²) < 4.78 is 48.8. The molecule has 3 aromatic rings. The maximum absolute atomic E-state index is 14.1. The monoisotopic (exact) mass is 661 g/mol. The molecule has 0 saturated heterocycles. The zero-order chi connectivity index (χ0) is 31.1. The fourth-order valence-corrected chi connectivity index (χ4v) is 5.98. The molecular formula is C31H37BrFN3O5S. The Kier molecular flexibility index (Phi) is 11.1. The van der Waals surface area contributed by atoms with Crippen LogP contribution in [0.4, 0.5) is 10.1 Å². The number of hydrogen-bond donors (Lipinski definition) is 1. The van der Waals surface area contributed by atoms with Crippen molar-refractivity contribution in [3.05, 3.63) is 88.6 Å². The van der Waals surface area contributed by atoms with Gasteiger partial charge in [0.1, 0.15) is 24.2 Å². The predicted octanol–water partition coefficient (Wildman–Crippen LogP) is 5.90. The number of ether oxygens (including phenoxy) is 1. The van der Waals surface area contributed by atoms with Gasteiger partial charge in [0.15, 0.2) is 0 Å². The molecule has 0 fully saturated rings. The van der Waals surface area contributed by atoms with Crippen molar-refractivity contribution in [2.45, 2.75) is 64.1 Å². The Morgan fingerprint density at radius 2 is 1.55 bits per heavy atom. The lowest BCUT2D eigenvalue weighted by Crippen LogP contribution is -2.55. The molecule has 1 atom stereocenters. The molecule has 0 aromatic heterocycles. The molecule has 0 aliphatic carbocycles. The third kappa shape index (κ3) is 8.78. The molecule has 3 rings (SSSR count). The number of amides is 2. The Labute approximate surface area is 256 Å². The van der Waals surface area contributed by atoms with Crippen LogP contribution in [-0.4, -0.2) is 49.9 Å². The van der Waals surface area contributed by atoms with Crippen molar-refractivity contribution in [2.75, 3.05) is 17.5 Å². The molecule has 42 heavy (non-hydrogen) atoms. The number of nitrogens with zero attached hydrogens (tertiary/aromatic N) is 2. The van der Waals surface area contributed by atoms with Gasteiger partial charge in [-0.1, -0.05) is 35.0 Å². The van der Waals surface area contributed by atoms with Crippen LogP contribution in [-0.2, 0) is 26.2 Å². The summed E-state index contributed by atoms with van der Waals surface area (Å²) in [6, 6.07) is 17.2. The summed E-state index contributed by atoms with van der Waals surface area (Å²) in [4.78, 5) is 28.8. The van der Waals surface area contributed by atoms with Crippen LogP contribution in [0.3, 0.4) is 0 Å². The lowest BCUT2D eigenvalue weighted by Gasteiger charge is -2.34. The number of halogens is 2. The van der Waals surface area contributed by atoms with Crippen molar-refractivity contribution in [1.82, 2.24) is 10.2 Å². The highest BCUT2D eigenvalue weighted by Crippen LogP contribution is 2.28. The fraction of sp³-hybridized carbons (Fsp3) is 0.355.